The zero-order chi connectivity index (χ0) is 28.6. The van der Waals surface area contributed by atoms with Crippen molar-refractivity contribution < 1.29 is 22.8 Å². The Bertz CT molecular complexity index is 1600. The predicted molar refractivity (Wildman–Crippen MR) is 138 cm³/mol. The minimum absolute atomic E-state index is 0.0499. The van der Waals surface area contributed by atoms with Gasteiger partial charge in [-0.25, -0.2) is 9.67 Å². The van der Waals surface area contributed by atoms with Crippen LogP contribution in [-0.2, 0) is 12.7 Å². The van der Waals surface area contributed by atoms with E-state index in [1.165, 1.54) is 24.4 Å². The van der Waals surface area contributed by atoms with Gasteiger partial charge in [0.15, 0.2) is 5.82 Å². The molecule has 1 fully saturated rings. The van der Waals surface area contributed by atoms with Gasteiger partial charge in [-0.2, -0.15) is 23.1 Å². The first kappa shape index (κ1) is 27.5. The molecule has 3 aromatic heterocycles. The summed E-state index contributed by atoms with van der Waals surface area (Å²) in [6, 6.07) is 7.56. The molecule has 0 spiro atoms. The maximum atomic E-state index is 13.6. The van der Waals surface area contributed by atoms with Crippen molar-refractivity contribution in [1.29, 1.82) is 0 Å². The van der Waals surface area contributed by atoms with Crippen LogP contribution in [0.5, 0.6) is 0 Å². The van der Waals surface area contributed by atoms with Crippen LogP contribution in [0.1, 0.15) is 57.2 Å². The summed E-state index contributed by atoms with van der Waals surface area (Å²) in [6.45, 7) is 1.35. The molecule has 0 radical (unpaired) electrons. The van der Waals surface area contributed by atoms with Crippen molar-refractivity contribution in [3.05, 3.63) is 74.9 Å². The standard InChI is InChI=1S/C24H20Cl2F3N9O2/c1-12-8-13(25)9-16(21(39)31-14-4-2-5-14)19(12)32-22(40)18-10-15(11-37-35-23(33-36-37)24(27,28)29)34-38(18)20-17(26)6-3-7-30-20/h3,6-10,14H,2,4-5,11H2,1H3,(H,31,39)(H,32,40). The minimum Gasteiger partial charge on any atom is -0.349 e. The first-order valence-corrected chi connectivity index (χ1v) is 12.7. The second-order valence-corrected chi connectivity index (χ2v) is 9.93. The van der Waals surface area contributed by atoms with Crippen molar-refractivity contribution in [1.82, 2.24) is 40.3 Å². The number of nitrogens with zero attached hydrogens (tertiary/aromatic N) is 7. The Hall–Kier alpha value is -4.04. The number of hydrogen-bond donors (Lipinski definition) is 2. The fourth-order valence-electron chi connectivity index (χ4n) is 4.01. The van der Waals surface area contributed by atoms with Crippen LogP contribution in [0.2, 0.25) is 10.0 Å². The molecule has 0 saturated heterocycles. The molecular weight excluding hydrogens is 574 g/mol. The quantitative estimate of drug-likeness (QED) is 0.323. The highest BCUT2D eigenvalue weighted by molar-refractivity contribution is 6.32. The summed E-state index contributed by atoms with van der Waals surface area (Å²) >= 11 is 12.5. The second-order valence-electron chi connectivity index (χ2n) is 9.08. The Morgan fingerprint density at radius 2 is 1.90 bits per heavy atom. The van der Waals surface area contributed by atoms with Gasteiger partial charge in [-0.15, -0.1) is 10.2 Å². The molecule has 11 nitrogen and oxygen atoms in total. The number of alkyl halides is 3. The molecule has 4 aromatic rings. The lowest BCUT2D eigenvalue weighted by Crippen LogP contribution is -2.39. The average molecular weight is 594 g/mol. The lowest BCUT2D eigenvalue weighted by Gasteiger charge is -2.27. The molecule has 2 amide bonds. The Labute approximate surface area is 234 Å². The predicted octanol–water partition coefficient (Wildman–Crippen LogP) is 4.47. The molecule has 0 aliphatic heterocycles. The lowest BCUT2D eigenvalue weighted by atomic mass is 9.92. The normalized spacial score (nSPS) is 13.7. The van der Waals surface area contributed by atoms with Gasteiger partial charge in [0.05, 0.1) is 22.0 Å². The van der Waals surface area contributed by atoms with Gasteiger partial charge < -0.3 is 10.6 Å². The number of nitrogens with one attached hydrogen (secondary N) is 2. The van der Waals surface area contributed by atoms with Gasteiger partial charge in [-0.1, -0.05) is 23.2 Å². The maximum absolute atomic E-state index is 13.6. The van der Waals surface area contributed by atoms with Crippen molar-refractivity contribution in [2.24, 2.45) is 0 Å². The van der Waals surface area contributed by atoms with E-state index in [1.807, 2.05) is 0 Å². The second kappa shape index (κ2) is 10.8. The Balaban J connectivity index is 1.50. The number of amides is 2. The van der Waals surface area contributed by atoms with Gasteiger partial charge in [0.1, 0.15) is 12.2 Å². The molecule has 40 heavy (non-hydrogen) atoms. The molecule has 208 valence electrons. The van der Waals surface area contributed by atoms with Gasteiger partial charge >= 0.3 is 6.18 Å². The van der Waals surface area contributed by atoms with Crippen molar-refractivity contribution in [3.8, 4) is 5.82 Å². The summed E-state index contributed by atoms with van der Waals surface area (Å²) in [5.41, 5.74) is 1.01. The van der Waals surface area contributed by atoms with E-state index in [-0.39, 0.29) is 52.0 Å². The molecule has 3 heterocycles. The van der Waals surface area contributed by atoms with E-state index in [9.17, 15) is 22.8 Å². The molecule has 16 heteroatoms. The van der Waals surface area contributed by atoms with Crippen LogP contribution in [-0.4, -0.2) is 52.8 Å². The Kier molecular flexibility index (Phi) is 7.47. The number of tetrazole rings is 1. The Morgan fingerprint density at radius 1 is 1.12 bits per heavy atom. The smallest absolute Gasteiger partial charge is 0.349 e. The average Bonchev–Trinajstić information content (AvgIpc) is 3.51. The molecule has 1 saturated carbocycles. The summed E-state index contributed by atoms with van der Waals surface area (Å²) in [4.78, 5) is 31.5. The van der Waals surface area contributed by atoms with Gasteiger partial charge in [-0.3, -0.25) is 9.59 Å². The zero-order valence-electron chi connectivity index (χ0n) is 20.7. The van der Waals surface area contributed by atoms with Crippen LogP contribution in [0.25, 0.3) is 5.82 Å². The summed E-state index contributed by atoms with van der Waals surface area (Å²) in [5.74, 6) is -2.39. The number of pyridine rings is 1. The molecule has 0 bridgehead atoms. The van der Waals surface area contributed by atoms with Gasteiger partial charge in [0, 0.05) is 17.3 Å². The third-order valence-electron chi connectivity index (χ3n) is 6.17. The molecule has 2 N–H and O–H groups in total. The van der Waals surface area contributed by atoms with Crippen molar-refractivity contribution in [2.75, 3.05) is 5.32 Å². The number of carbonyl (C=O) groups excluding carboxylic acids is 2. The summed E-state index contributed by atoms with van der Waals surface area (Å²) < 4.78 is 39.9. The van der Waals surface area contributed by atoms with Crippen molar-refractivity contribution >= 4 is 40.7 Å². The van der Waals surface area contributed by atoms with Crippen molar-refractivity contribution in [3.63, 3.8) is 0 Å². The maximum Gasteiger partial charge on any atom is 0.455 e. The number of rotatable bonds is 7. The molecule has 5 rings (SSSR count). The number of aryl methyl sites for hydroxylation is 1. The highest BCUT2D eigenvalue weighted by Gasteiger charge is 2.37. The fourth-order valence-corrected chi connectivity index (χ4v) is 4.49. The summed E-state index contributed by atoms with van der Waals surface area (Å²) in [5, 5.41) is 20.2. The SMILES string of the molecule is Cc1cc(Cl)cc(C(=O)NC2CCC2)c1NC(=O)c1cc(Cn2nnc(C(F)(F)F)n2)nn1-c1ncccc1Cl. The monoisotopic (exact) mass is 593 g/mol. The van der Waals surface area contributed by atoms with Crippen LogP contribution in [0.3, 0.4) is 0 Å². The van der Waals surface area contributed by atoms with E-state index in [0.29, 0.717) is 15.4 Å². The molecule has 1 aliphatic carbocycles. The summed E-state index contributed by atoms with van der Waals surface area (Å²) in [6.07, 6.45) is -0.586. The highest BCUT2D eigenvalue weighted by Crippen LogP contribution is 2.29. The van der Waals surface area contributed by atoms with Gasteiger partial charge in [-0.05, 0) is 67.3 Å². The topological polar surface area (TPSA) is 133 Å². The van der Waals surface area contributed by atoms with E-state index >= 15 is 0 Å². The van der Waals surface area contributed by atoms with E-state index in [0.717, 1.165) is 23.9 Å². The largest absolute Gasteiger partial charge is 0.455 e. The van der Waals surface area contributed by atoms with E-state index in [2.05, 4.69) is 36.1 Å². The number of halogens is 5. The van der Waals surface area contributed by atoms with Crippen molar-refractivity contribution in [2.45, 2.75) is 44.9 Å². The first-order valence-electron chi connectivity index (χ1n) is 12.0. The minimum atomic E-state index is -4.77. The van der Waals surface area contributed by atoms with Crippen LogP contribution in [0.15, 0.2) is 36.5 Å². The van der Waals surface area contributed by atoms with E-state index < -0.39 is 17.9 Å². The molecule has 1 aromatic carbocycles. The third-order valence-corrected chi connectivity index (χ3v) is 6.68. The highest BCUT2D eigenvalue weighted by atomic mass is 35.5. The van der Waals surface area contributed by atoms with Crippen LogP contribution in [0.4, 0.5) is 18.9 Å². The first-order chi connectivity index (χ1) is 19.0. The number of benzene rings is 1. The van der Waals surface area contributed by atoms with E-state index in [1.54, 1.807) is 19.1 Å². The third kappa shape index (κ3) is 5.77. The van der Waals surface area contributed by atoms with Crippen LogP contribution < -0.4 is 10.6 Å². The van der Waals surface area contributed by atoms with Crippen LogP contribution in [0, 0.1) is 6.92 Å². The fraction of sp³-hybridized carbons (Fsp3) is 0.292. The lowest BCUT2D eigenvalue weighted by molar-refractivity contribution is -0.145. The molecule has 0 atom stereocenters. The van der Waals surface area contributed by atoms with Crippen LogP contribution >= 0.6 is 23.2 Å². The Morgan fingerprint density at radius 3 is 2.55 bits per heavy atom. The number of anilines is 1. The van der Waals surface area contributed by atoms with Gasteiger partial charge in [0.2, 0.25) is 0 Å². The molecular formula is C24H20Cl2F3N9O2. The summed E-state index contributed by atoms with van der Waals surface area (Å²) in [7, 11) is 0. The zero-order valence-corrected chi connectivity index (χ0v) is 22.2. The van der Waals surface area contributed by atoms with E-state index in [4.69, 9.17) is 23.2 Å². The number of aromatic nitrogens is 7. The number of hydrogen-bond acceptors (Lipinski definition) is 7. The van der Waals surface area contributed by atoms with Gasteiger partial charge in [0.25, 0.3) is 17.6 Å². The molecule has 0 unspecified atom stereocenters. The molecule has 1 aliphatic rings. The number of carbonyl (C=O) groups is 2.